The molecule has 18 nitrogen and oxygen atoms in total. The van der Waals surface area contributed by atoms with E-state index in [1.165, 1.54) is 6.08 Å². The van der Waals surface area contributed by atoms with Crippen LogP contribution in [0.4, 0.5) is 11.5 Å². The zero-order chi connectivity index (χ0) is 45.8. The first-order chi connectivity index (χ1) is 32.3. The molecule has 19 heteroatoms. The number of carbonyl (C=O) groups excluding carboxylic acids is 3. The molecule has 0 bridgehead atoms. The number of amides is 2. The van der Waals surface area contributed by atoms with E-state index in [-0.39, 0.29) is 62.3 Å². The summed E-state index contributed by atoms with van der Waals surface area (Å²) >= 11 is 6.62. The minimum Gasteiger partial charge on any atom is -0.492 e. The van der Waals surface area contributed by atoms with Gasteiger partial charge in [-0.15, -0.1) is 0 Å². The van der Waals surface area contributed by atoms with Gasteiger partial charge in [0.2, 0.25) is 12.3 Å². The van der Waals surface area contributed by atoms with Gasteiger partial charge in [-0.05, 0) is 60.7 Å². The number of aliphatic hydroxyl groups excluding tert-OH is 1. The third-order valence-corrected chi connectivity index (χ3v) is 11.4. The molecule has 2 aromatic heterocycles. The lowest BCUT2D eigenvalue weighted by Crippen LogP contribution is -2.39. The van der Waals surface area contributed by atoms with Crippen LogP contribution in [-0.4, -0.2) is 149 Å². The number of ether oxygens (including phenoxy) is 8. The summed E-state index contributed by atoms with van der Waals surface area (Å²) in [6.07, 6.45) is -0.776. The van der Waals surface area contributed by atoms with Gasteiger partial charge in [0, 0.05) is 34.9 Å². The zero-order valence-electron chi connectivity index (χ0n) is 36.2. The number of nitrogens with zero attached hydrogens (tertiary/aromatic N) is 2. The molecule has 5 N–H and O–H groups in total. The van der Waals surface area contributed by atoms with Crippen molar-refractivity contribution in [1.29, 1.82) is 0 Å². The van der Waals surface area contributed by atoms with Crippen molar-refractivity contribution in [2.75, 3.05) is 96.4 Å². The van der Waals surface area contributed by atoms with Gasteiger partial charge in [-0.3, -0.25) is 19.0 Å². The Labute approximate surface area is 385 Å². The van der Waals surface area contributed by atoms with Crippen LogP contribution in [0.15, 0.2) is 85.5 Å². The van der Waals surface area contributed by atoms with Gasteiger partial charge in [0.25, 0.3) is 11.8 Å². The molecular weight excluding hydrogens is 876 g/mol. The average Bonchev–Trinajstić information content (AvgIpc) is 4.11. The maximum absolute atomic E-state index is 12.8. The fourth-order valence-electron chi connectivity index (χ4n) is 7.88. The van der Waals surface area contributed by atoms with E-state index in [2.05, 4.69) is 27.8 Å². The number of nitrogens with one attached hydrogen (secondary N) is 4. The Morgan fingerprint density at radius 3 is 2.27 bits per heavy atom. The lowest BCUT2D eigenvalue weighted by atomic mass is 10.1. The van der Waals surface area contributed by atoms with Gasteiger partial charge in [-0.25, -0.2) is 4.98 Å². The summed E-state index contributed by atoms with van der Waals surface area (Å²) in [5, 5.41) is 24.3. The fourth-order valence-corrected chi connectivity index (χ4v) is 8.14. The molecule has 0 aliphatic carbocycles. The van der Waals surface area contributed by atoms with Crippen molar-refractivity contribution < 1.29 is 57.4 Å². The second-order valence-corrected chi connectivity index (χ2v) is 15.9. The Balaban J connectivity index is 0.611. The number of hydrogen-bond donors (Lipinski definition) is 5. The first kappa shape index (κ1) is 46.8. The van der Waals surface area contributed by atoms with Gasteiger partial charge in [-0.1, -0.05) is 36.4 Å². The summed E-state index contributed by atoms with van der Waals surface area (Å²) in [4.78, 5) is 42.3. The zero-order valence-corrected chi connectivity index (χ0v) is 37.0. The number of fused-ring (bicyclic) bond motifs is 5. The molecule has 350 valence electrons. The van der Waals surface area contributed by atoms with E-state index in [0.717, 1.165) is 21.9 Å². The highest BCUT2D eigenvalue weighted by molar-refractivity contribution is 6.33. The highest BCUT2D eigenvalue weighted by Gasteiger charge is 2.49. The number of anilines is 2. The minimum absolute atomic E-state index is 0.145. The van der Waals surface area contributed by atoms with Crippen LogP contribution in [0, 0.1) is 0 Å². The summed E-state index contributed by atoms with van der Waals surface area (Å²) < 4.78 is 47.0. The second-order valence-electron chi connectivity index (χ2n) is 15.5. The number of aliphatic hydroxyl groups is 1. The van der Waals surface area contributed by atoms with E-state index in [9.17, 15) is 19.5 Å². The Morgan fingerprint density at radius 2 is 1.50 bits per heavy atom. The van der Waals surface area contributed by atoms with E-state index in [1.807, 2.05) is 48.5 Å². The van der Waals surface area contributed by atoms with Crippen molar-refractivity contribution in [1.82, 2.24) is 20.2 Å². The summed E-state index contributed by atoms with van der Waals surface area (Å²) in [5.41, 5.74) is 4.06. The Kier molecular flexibility index (Phi) is 16.1. The average molecular weight is 929 g/mol. The quantitative estimate of drug-likeness (QED) is 0.0430. The molecule has 0 saturated carbocycles. The molecule has 2 saturated heterocycles. The third-order valence-electron chi connectivity index (χ3n) is 11.1. The van der Waals surface area contributed by atoms with E-state index in [0.29, 0.717) is 105 Å². The highest BCUT2D eigenvalue weighted by atomic mass is 35.5. The molecule has 66 heavy (non-hydrogen) atoms. The molecule has 5 heterocycles. The predicted molar refractivity (Wildman–Crippen MR) is 245 cm³/mol. The van der Waals surface area contributed by atoms with Crippen LogP contribution in [-0.2, 0) is 38.0 Å². The lowest BCUT2D eigenvalue weighted by Gasteiger charge is -2.21. The summed E-state index contributed by atoms with van der Waals surface area (Å²) in [5.74, 6) is 0.616. The number of pyridine rings is 1. The van der Waals surface area contributed by atoms with Crippen LogP contribution in [0.3, 0.4) is 0 Å². The maximum atomic E-state index is 12.8. The normalized spacial score (nSPS) is 19.6. The van der Waals surface area contributed by atoms with Crippen molar-refractivity contribution >= 4 is 62.6 Å². The number of hydrogen-bond acceptors (Lipinski definition) is 15. The summed E-state index contributed by atoms with van der Waals surface area (Å²) in [6, 6.07) is 22.0. The maximum Gasteiger partial charge on any atom is 0.254 e. The van der Waals surface area contributed by atoms with E-state index >= 15 is 0 Å². The Hall–Kier alpha value is -5.67. The van der Waals surface area contributed by atoms with Gasteiger partial charge < -0.3 is 64.3 Å². The molecule has 8 rings (SSSR count). The molecule has 5 unspecified atom stereocenters. The highest BCUT2D eigenvalue weighted by Crippen LogP contribution is 2.38. The van der Waals surface area contributed by atoms with Crippen LogP contribution < -0.4 is 26.0 Å². The number of halogens is 1. The fraction of sp³-hybridized carbons (Fsp3) is 0.404. The number of aromatic nitrogens is 2. The van der Waals surface area contributed by atoms with E-state index in [1.54, 1.807) is 28.8 Å². The molecule has 3 aliphatic heterocycles. The third kappa shape index (κ3) is 11.5. The van der Waals surface area contributed by atoms with Gasteiger partial charge in [0.05, 0.1) is 100 Å². The topological polar surface area (TPSA) is 211 Å². The van der Waals surface area contributed by atoms with E-state index in [4.69, 9.17) is 54.5 Å². The van der Waals surface area contributed by atoms with Crippen molar-refractivity contribution in [3.05, 3.63) is 96.0 Å². The second kappa shape index (κ2) is 22.7. The first-order valence-electron chi connectivity index (χ1n) is 21.9. The molecule has 3 aromatic carbocycles. The summed E-state index contributed by atoms with van der Waals surface area (Å²) in [6.45, 7) is 7.94. The molecule has 0 radical (unpaired) electrons. The van der Waals surface area contributed by atoms with Crippen LogP contribution >= 0.6 is 11.6 Å². The molecular formula is C47H53ClN6O12. The number of para-hydroxylation sites is 1. The first-order valence-corrected chi connectivity index (χ1v) is 22.2. The largest absolute Gasteiger partial charge is 0.492 e. The Morgan fingerprint density at radius 1 is 0.803 bits per heavy atom. The molecule has 3 aliphatic rings. The predicted octanol–water partition coefficient (Wildman–Crippen LogP) is 4.38. The molecule has 2 fully saturated rings. The lowest BCUT2D eigenvalue weighted by molar-refractivity contribution is -0.122. The Bertz CT molecular complexity index is 2490. The number of carbonyl (C=O) groups is 3. The van der Waals surface area contributed by atoms with Gasteiger partial charge in [0.1, 0.15) is 36.8 Å². The monoisotopic (exact) mass is 928 g/mol. The van der Waals surface area contributed by atoms with Crippen molar-refractivity contribution in [2.24, 2.45) is 0 Å². The molecule has 5 aromatic rings. The van der Waals surface area contributed by atoms with Crippen LogP contribution in [0.5, 0.6) is 5.75 Å². The van der Waals surface area contributed by atoms with Gasteiger partial charge in [-0.2, -0.15) is 0 Å². The number of allylic oxidation sites excluding steroid dienone is 1. The molecule has 5 atom stereocenters. The van der Waals surface area contributed by atoms with Crippen molar-refractivity contribution in [2.45, 2.75) is 37.2 Å². The smallest absolute Gasteiger partial charge is 0.254 e. The molecule has 2 amide bonds. The van der Waals surface area contributed by atoms with Crippen LogP contribution in [0.25, 0.3) is 33.1 Å². The van der Waals surface area contributed by atoms with Gasteiger partial charge in [0.15, 0.2) is 5.82 Å². The SMILES string of the molecule is C=CC(=O)n1c2ccccc2c2cc(C(=O)NCCOCCOCCOCCOCCC(=O)NCCOc3ccc(-c4nc5c(cc4Cl)NC(OC4COC6C(O)COC46)N5)cc3)ccc21. The number of benzene rings is 3. The van der Waals surface area contributed by atoms with Gasteiger partial charge >= 0.3 is 0 Å². The van der Waals surface area contributed by atoms with Crippen LogP contribution in [0.2, 0.25) is 5.02 Å². The summed E-state index contributed by atoms with van der Waals surface area (Å²) in [7, 11) is 0. The molecule has 0 spiro atoms. The van der Waals surface area contributed by atoms with Crippen LogP contribution in [0.1, 0.15) is 21.6 Å². The van der Waals surface area contributed by atoms with Crippen molar-refractivity contribution in [3.8, 4) is 17.0 Å². The number of rotatable bonds is 24. The van der Waals surface area contributed by atoms with E-state index < -0.39 is 12.5 Å². The minimum atomic E-state index is -0.652. The van der Waals surface area contributed by atoms with Crippen molar-refractivity contribution in [3.63, 3.8) is 0 Å². The standard InChI is InChI=1S/C47H53ClN6O12/c1-2-41(57)54-36-6-4-3-5-32(36)33-25-30(9-12-37(33)54)46(58)50-14-17-60-20-22-62-24-23-61-21-19-59-16-13-40(56)49-15-18-63-31-10-7-29(8-11-31)42-34(48)26-35-45(52-42)53-47(51-35)66-39-28-65-43-38(55)27-64-44(39)43/h2-12,25-26,38-39,43-44,47,51,55H,1,13-24,27-28H2,(H,49,56)(H,50,58)(H,52,53).